The van der Waals surface area contributed by atoms with Crippen molar-refractivity contribution in [2.24, 2.45) is 28.6 Å². The number of halogens is 1. The summed E-state index contributed by atoms with van der Waals surface area (Å²) < 4.78 is 21.3. The van der Waals surface area contributed by atoms with Crippen LogP contribution in [0.3, 0.4) is 0 Å². The molecule has 6 rings (SSSR count). The van der Waals surface area contributed by atoms with Gasteiger partial charge in [0.1, 0.15) is 5.82 Å². The van der Waals surface area contributed by atoms with Crippen LogP contribution >= 0.6 is 11.8 Å². The Morgan fingerprint density at radius 3 is 2.73 bits per heavy atom. The summed E-state index contributed by atoms with van der Waals surface area (Å²) in [5, 5.41) is 25.4. The Bertz CT molecular complexity index is 1450. The number of ether oxygens (including phenoxy) is 1. The molecule has 5 unspecified atom stereocenters. The van der Waals surface area contributed by atoms with Crippen molar-refractivity contribution in [3.05, 3.63) is 53.1 Å². The zero-order valence-corrected chi connectivity index (χ0v) is 23.8. The molecule has 3 saturated carbocycles. The van der Waals surface area contributed by atoms with E-state index >= 15 is 0 Å². The number of carbonyl (C=O) groups excluding carboxylic acids is 2. The number of hydrogen-bond acceptors (Lipinski definition) is 7. The molecule has 7 atom stereocenters. The van der Waals surface area contributed by atoms with Gasteiger partial charge >= 0.3 is 5.97 Å². The predicted octanol–water partition coefficient (Wildman–Crippen LogP) is 5.25. The molecule has 0 amide bonds. The van der Waals surface area contributed by atoms with Crippen LogP contribution in [-0.4, -0.2) is 43.4 Å². The van der Waals surface area contributed by atoms with Gasteiger partial charge in [-0.2, -0.15) is 10.4 Å². The van der Waals surface area contributed by atoms with E-state index in [0.29, 0.717) is 12.8 Å². The first-order chi connectivity index (χ1) is 19.0. The van der Waals surface area contributed by atoms with Gasteiger partial charge in [-0.15, -0.1) is 0 Å². The Morgan fingerprint density at radius 2 is 2.02 bits per heavy atom. The maximum absolute atomic E-state index is 13.6. The average molecular weight is 564 g/mol. The molecule has 1 aromatic heterocycles. The Kier molecular flexibility index (Phi) is 6.50. The van der Waals surface area contributed by atoms with Crippen LogP contribution in [-0.2, 0) is 20.7 Å². The number of hydrogen-bond donors (Lipinski definition) is 1. The van der Waals surface area contributed by atoms with Crippen molar-refractivity contribution in [2.45, 2.75) is 71.0 Å². The quantitative estimate of drug-likeness (QED) is 0.507. The average Bonchev–Trinajstić information content (AvgIpc) is 3.43. The number of allylic oxidation sites excluding steroid dienone is 1. The molecule has 2 aromatic rings. The van der Waals surface area contributed by atoms with Gasteiger partial charge in [0, 0.05) is 12.3 Å². The van der Waals surface area contributed by atoms with E-state index < -0.39 is 23.1 Å². The zero-order valence-electron chi connectivity index (χ0n) is 23.0. The van der Waals surface area contributed by atoms with Gasteiger partial charge in [-0.3, -0.25) is 9.59 Å². The maximum Gasteiger partial charge on any atom is 0.303 e. The lowest BCUT2D eigenvalue weighted by Gasteiger charge is -2.60. The van der Waals surface area contributed by atoms with E-state index in [1.165, 1.54) is 24.6 Å². The van der Waals surface area contributed by atoms with Crippen molar-refractivity contribution in [3.8, 4) is 11.8 Å². The molecule has 4 aliphatic rings. The second-order valence-electron chi connectivity index (χ2n) is 12.4. The third-order valence-electron chi connectivity index (χ3n) is 10.5. The fourth-order valence-electron chi connectivity index (χ4n) is 8.97. The Hall–Kier alpha value is -2.96. The molecule has 40 heavy (non-hydrogen) atoms. The third kappa shape index (κ3) is 3.82. The van der Waals surface area contributed by atoms with Crippen molar-refractivity contribution in [1.82, 2.24) is 9.78 Å². The summed E-state index contributed by atoms with van der Waals surface area (Å²) in [6, 6.07) is 8.33. The van der Waals surface area contributed by atoms with Crippen LogP contribution in [0.25, 0.3) is 11.8 Å². The molecule has 1 heterocycles. The monoisotopic (exact) mass is 563 g/mol. The summed E-state index contributed by atoms with van der Waals surface area (Å²) >= 11 is 0.912. The molecule has 7 nitrogen and oxygen atoms in total. The van der Waals surface area contributed by atoms with Gasteiger partial charge in [-0.1, -0.05) is 31.2 Å². The molecule has 0 aliphatic heterocycles. The highest BCUT2D eigenvalue weighted by Gasteiger charge is 2.70. The largest absolute Gasteiger partial charge is 0.450 e. The SMILES string of the molecule is CC(=O)OC1(C(=O)SCC#N)CC[C@H]2C3CCC4=Cc5c(cnn5-c5ccc(F)cc5)CC4(C)[C@H]3C(O)CC21C. The number of rotatable bonds is 4. The highest BCUT2D eigenvalue weighted by molar-refractivity contribution is 8.14. The van der Waals surface area contributed by atoms with Crippen LogP contribution in [0.5, 0.6) is 0 Å². The predicted molar refractivity (Wildman–Crippen MR) is 149 cm³/mol. The molecule has 0 bridgehead atoms. The number of aliphatic hydroxyl groups is 1. The summed E-state index contributed by atoms with van der Waals surface area (Å²) in [5.74, 6) is -0.546. The molecule has 9 heteroatoms. The maximum atomic E-state index is 13.6. The van der Waals surface area contributed by atoms with E-state index in [9.17, 15) is 19.1 Å². The Morgan fingerprint density at radius 1 is 1.27 bits per heavy atom. The topological polar surface area (TPSA) is 105 Å². The summed E-state index contributed by atoms with van der Waals surface area (Å²) in [7, 11) is 0. The van der Waals surface area contributed by atoms with Crippen molar-refractivity contribution < 1.29 is 23.8 Å². The summed E-state index contributed by atoms with van der Waals surface area (Å²) in [5.41, 5.74) is 1.85. The number of fused-ring (bicyclic) bond motifs is 6. The van der Waals surface area contributed by atoms with E-state index in [1.54, 1.807) is 12.1 Å². The second-order valence-corrected chi connectivity index (χ2v) is 13.4. The first-order valence-electron chi connectivity index (χ1n) is 14.0. The second kappa shape index (κ2) is 9.56. The minimum Gasteiger partial charge on any atom is -0.450 e. The van der Waals surface area contributed by atoms with Crippen molar-refractivity contribution >= 4 is 28.9 Å². The number of nitrogens with zero attached hydrogens (tertiary/aromatic N) is 3. The standard InChI is InChI=1S/C31H34FN3O4S/c1-18(36)39-31(28(38)40-13-12-33)11-10-24-23-9-4-20-14-25-19(17-34-35(25)22-7-5-21(32)6-8-22)15-29(20,2)27(23)26(37)16-30(24,31)3/h5-8,14,17,23-24,26-27,37H,4,9-11,13,15-16H2,1-3H3/t23?,24-,26?,27+,29?,30?,31?/m0/s1. The highest BCUT2D eigenvalue weighted by Crippen LogP contribution is 2.68. The van der Waals surface area contributed by atoms with Gasteiger partial charge in [0.05, 0.1) is 35.5 Å². The van der Waals surface area contributed by atoms with Crippen molar-refractivity contribution in [3.63, 3.8) is 0 Å². The molecular weight excluding hydrogens is 529 g/mol. The highest BCUT2D eigenvalue weighted by atomic mass is 32.2. The molecule has 1 aromatic carbocycles. The van der Waals surface area contributed by atoms with Gasteiger partial charge in [-0.05, 0) is 97.6 Å². The number of benzene rings is 1. The number of nitriles is 1. The van der Waals surface area contributed by atoms with Crippen molar-refractivity contribution in [2.75, 3.05) is 5.75 Å². The Balaban J connectivity index is 1.35. The minimum atomic E-state index is -1.34. The van der Waals surface area contributed by atoms with Crippen LogP contribution in [0.2, 0.25) is 0 Å². The summed E-state index contributed by atoms with van der Waals surface area (Å²) in [6.07, 6.45) is 7.39. The number of carbonyl (C=O) groups is 2. The Labute approximate surface area is 237 Å². The minimum absolute atomic E-state index is 0.00261. The van der Waals surface area contributed by atoms with Crippen LogP contribution in [0, 0.1) is 45.7 Å². The van der Waals surface area contributed by atoms with Gasteiger partial charge in [0.2, 0.25) is 5.12 Å². The molecule has 210 valence electrons. The van der Waals surface area contributed by atoms with E-state index in [-0.39, 0.29) is 39.9 Å². The van der Waals surface area contributed by atoms with Crippen LogP contribution in [0.1, 0.15) is 64.1 Å². The molecular formula is C31H34FN3O4S. The third-order valence-corrected chi connectivity index (χ3v) is 11.4. The number of esters is 1. The van der Waals surface area contributed by atoms with Gasteiger partial charge in [0.25, 0.3) is 0 Å². The van der Waals surface area contributed by atoms with Gasteiger partial charge in [0.15, 0.2) is 5.60 Å². The lowest BCUT2D eigenvalue weighted by molar-refractivity contribution is -0.195. The first kappa shape index (κ1) is 27.2. The zero-order chi connectivity index (χ0) is 28.4. The van der Waals surface area contributed by atoms with Crippen LogP contribution in [0.4, 0.5) is 4.39 Å². The number of aliphatic hydroxyl groups excluding tert-OH is 1. The van der Waals surface area contributed by atoms with E-state index in [1.807, 2.05) is 23.9 Å². The van der Waals surface area contributed by atoms with Gasteiger partial charge in [-0.25, -0.2) is 9.07 Å². The van der Waals surface area contributed by atoms with Crippen molar-refractivity contribution in [1.29, 1.82) is 5.26 Å². The molecule has 3 fully saturated rings. The molecule has 0 spiro atoms. The molecule has 0 saturated heterocycles. The summed E-state index contributed by atoms with van der Waals surface area (Å²) in [6.45, 7) is 5.59. The molecule has 0 radical (unpaired) electrons. The normalized spacial score (nSPS) is 35.9. The first-order valence-corrected chi connectivity index (χ1v) is 15.0. The fourth-order valence-corrected chi connectivity index (χ4v) is 9.77. The van der Waals surface area contributed by atoms with E-state index in [0.717, 1.165) is 54.4 Å². The lowest BCUT2D eigenvalue weighted by Crippen LogP contribution is -2.62. The number of aromatic nitrogens is 2. The fraction of sp³-hybridized carbons (Fsp3) is 0.548. The smallest absolute Gasteiger partial charge is 0.303 e. The van der Waals surface area contributed by atoms with Gasteiger partial charge < -0.3 is 9.84 Å². The molecule has 1 N–H and O–H groups in total. The van der Waals surface area contributed by atoms with E-state index in [4.69, 9.17) is 10.00 Å². The van der Waals surface area contributed by atoms with E-state index in [2.05, 4.69) is 18.1 Å². The summed E-state index contributed by atoms with van der Waals surface area (Å²) in [4.78, 5) is 25.9. The molecule has 4 aliphatic carbocycles. The lowest BCUT2D eigenvalue weighted by atomic mass is 9.45. The van der Waals surface area contributed by atoms with Crippen LogP contribution in [0.15, 0.2) is 36.0 Å². The van der Waals surface area contributed by atoms with Crippen LogP contribution < -0.4 is 0 Å². The number of thioether (sulfide) groups is 1.